The molecule has 4 N–H and O–H groups in total. The fourth-order valence-corrected chi connectivity index (χ4v) is 6.91. The summed E-state index contributed by atoms with van der Waals surface area (Å²) in [7, 11) is 0. The van der Waals surface area contributed by atoms with Crippen LogP contribution in [-0.2, 0) is 25.1 Å². The van der Waals surface area contributed by atoms with Crippen LogP contribution < -0.4 is 21.3 Å². The van der Waals surface area contributed by atoms with Crippen molar-refractivity contribution in [1.29, 1.82) is 0 Å². The van der Waals surface area contributed by atoms with Gasteiger partial charge in [0.05, 0.1) is 64.0 Å². The molecule has 0 spiro atoms. The Morgan fingerprint density at radius 2 is 0.935 bits per heavy atom. The standard InChI is InChI=1S/C41H29Cl7N8O6/c1-19(57)34(55-53-23-9-12-27(43)25(16-23)38(59)51-36-29(45)5-3-6-30(36)46)40(61)49-22-11-14-33(21(15-22)18-42)50-41(62)35(20(2)58)56-54-24-10-13-28(44)26(17-24)39(60)52-37-31(47)7-4-8-32(37)48/h3-17,34-35H,18H2,1-2H3,(H,49,61)(H,50,62)(H,51,59)(H,52,60). The van der Waals surface area contributed by atoms with Gasteiger partial charge in [0, 0.05) is 17.3 Å². The van der Waals surface area contributed by atoms with Gasteiger partial charge in [-0.15, -0.1) is 11.6 Å². The van der Waals surface area contributed by atoms with Crippen LogP contribution in [0.15, 0.2) is 111 Å². The first-order valence-corrected chi connectivity index (χ1v) is 20.5. The van der Waals surface area contributed by atoms with Crippen LogP contribution in [0, 0.1) is 0 Å². The number of ketones is 2. The number of azo groups is 2. The van der Waals surface area contributed by atoms with E-state index in [2.05, 4.69) is 41.7 Å². The number of benzene rings is 5. The minimum Gasteiger partial charge on any atom is -0.324 e. The molecule has 318 valence electrons. The molecule has 2 unspecified atom stereocenters. The summed E-state index contributed by atoms with van der Waals surface area (Å²) >= 11 is 43.4. The third kappa shape index (κ3) is 12.1. The molecule has 5 aromatic rings. The van der Waals surface area contributed by atoms with Crippen LogP contribution in [-0.4, -0.2) is 47.3 Å². The van der Waals surface area contributed by atoms with Gasteiger partial charge in [0.25, 0.3) is 23.6 Å². The number of anilines is 4. The van der Waals surface area contributed by atoms with Crippen molar-refractivity contribution in [2.45, 2.75) is 31.8 Å². The number of carbonyl (C=O) groups is 6. The highest BCUT2D eigenvalue weighted by Gasteiger charge is 2.26. The first kappa shape index (κ1) is 47.6. The van der Waals surface area contributed by atoms with Crippen molar-refractivity contribution >= 4 is 151 Å². The second-order valence-electron chi connectivity index (χ2n) is 12.9. The molecule has 0 heterocycles. The van der Waals surface area contributed by atoms with Crippen molar-refractivity contribution in [3.63, 3.8) is 0 Å². The maximum atomic E-state index is 13.3. The number of carbonyl (C=O) groups excluding carboxylic acids is 6. The Balaban J connectivity index is 1.26. The predicted octanol–water partition coefficient (Wildman–Crippen LogP) is 12.2. The number of hydrogen-bond acceptors (Lipinski definition) is 10. The van der Waals surface area contributed by atoms with Crippen molar-refractivity contribution in [2.24, 2.45) is 20.5 Å². The molecule has 0 aliphatic carbocycles. The van der Waals surface area contributed by atoms with Crippen LogP contribution in [0.25, 0.3) is 0 Å². The molecule has 0 saturated carbocycles. The maximum Gasteiger partial charge on any atom is 0.258 e. The van der Waals surface area contributed by atoms with Crippen molar-refractivity contribution in [1.82, 2.24) is 0 Å². The fourth-order valence-electron chi connectivity index (χ4n) is 5.30. The van der Waals surface area contributed by atoms with Gasteiger partial charge in [-0.25, -0.2) is 0 Å². The van der Waals surface area contributed by atoms with Crippen LogP contribution >= 0.6 is 81.2 Å². The third-order valence-corrected chi connectivity index (χ3v) is 10.6. The van der Waals surface area contributed by atoms with Crippen molar-refractivity contribution in [3.8, 4) is 0 Å². The molecule has 14 nitrogen and oxygen atoms in total. The number of halogens is 7. The number of rotatable bonds is 15. The second-order valence-corrected chi connectivity index (χ2v) is 15.6. The molecular formula is C41H29Cl7N8O6. The van der Waals surface area contributed by atoms with Crippen LogP contribution in [0.5, 0.6) is 0 Å². The lowest BCUT2D eigenvalue weighted by molar-refractivity contribution is -0.127. The Bertz CT molecular complexity index is 2640. The summed E-state index contributed by atoms with van der Waals surface area (Å²) in [6.07, 6.45) is 0. The van der Waals surface area contributed by atoms with Crippen molar-refractivity contribution in [2.75, 3.05) is 21.3 Å². The summed E-state index contributed by atoms with van der Waals surface area (Å²) < 4.78 is 0. The Hall–Kier alpha value is -5.45. The first-order chi connectivity index (χ1) is 29.5. The zero-order valence-corrected chi connectivity index (χ0v) is 37.2. The van der Waals surface area contributed by atoms with Crippen molar-refractivity contribution < 1.29 is 28.8 Å². The monoisotopic (exact) mass is 974 g/mol. The molecule has 62 heavy (non-hydrogen) atoms. The van der Waals surface area contributed by atoms with Gasteiger partial charge in [-0.3, -0.25) is 28.8 Å². The highest BCUT2D eigenvalue weighted by molar-refractivity contribution is 6.41. The largest absolute Gasteiger partial charge is 0.324 e. The summed E-state index contributed by atoms with van der Waals surface area (Å²) in [5.41, 5.74) is 1.16. The topological polar surface area (TPSA) is 200 Å². The van der Waals surface area contributed by atoms with E-state index in [4.69, 9.17) is 81.2 Å². The predicted molar refractivity (Wildman–Crippen MR) is 243 cm³/mol. The molecule has 5 aromatic carbocycles. The SMILES string of the molecule is CC(=O)C(N=Nc1ccc(Cl)c(C(=O)Nc2c(Cl)cccc2Cl)c1)C(=O)Nc1ccc(NC(=O)C(N=Nc2ccc(Cl)c(C(=O)Nc3c(Cl)cccc3Cl)c2)C(C)=O)c(CCl)c1. The molecule has 0 fully saturated rings. The highest BCUT2D eigenvalue weighted by atomic mass is 35.5. The summed E-state index contributed by atoms with van der Waals surface area (Å²) in [5, 5.41) is 27.2. The molecule has 4 amide bonds. The van der Waals surface area contributed by atoms with Gasteiger partial charge in [0.2, 0.25) is 12.1 Å². The van der Waals surface area contributed by atoms with Gasteiger partial charge < -0.3 is 21.3 Å². The smallest absolute Gasteiger partial charge is 0.258 e. The van der Waals surface area contributed by atoms with E-state index in [1.54, 1.807) is 36.4 Å². The summed E-state index contributed by atoms with van der Waals surface area (Å²) in [5.74, 6) is -4.51. The molecule has 0 bridgehead atoms. The van der Waals surface area contributed by atoms with E-state index >= 15 is 0 Å². The molecule has 0 aliphatic rings. The number of amides is 4. The van der Waals surface area contributed by atoms with Crippen LogP contribution in [0.2, 0.25) is 30.1 Å². The van der Waals surface area contributed by atoms with Gasteiger partial charge in [-0.05, 0) is 98.3 Å². The first-order valence-electron chi connectivity index (χ1n) is 17.7. The maximum absolute atomic E-state index is 13.3. The molecule has 5 rings (SSSR count). The van der Waals surface area contributed by atoms with Crippen molar-refractivity contribution in [3.05, 3.63) is 138 Å². The van der Waals surface area contributed by atoms with E-state index in [-0.39, 0.29) is 81.3 Å². The summed E-state index contributed by atoms with van der Waals surface area (Å²) in [6.45, 7) is 2.28. The molecule has 2 atom stereocenters. The highest BCUT2D eigenvalue weighted by Crippen LogP contribution is 2.33. The number of Topliss-reactive ketones (excluding diaryl/α,β-unsaturated/α-hetero) is 2. The lowest BCUT2D eigenvalue weighted by Crippen LogP contribution is -2.32. The average molecular weight is 978 g/mol. The third-order valence-electron chi connectivity index (χ3n) is 8.41. The second kappa shape index (κ2) is 21.6. The number of nitrogens with one attached hydrogen (secondary N) is 4. The molecular weight excluding hydrogens is 949 g/mol. The van der Waals surface area contributed by atoms with E-state index in [1.807, 2.05) is 0 Å². The summed E-state index contributed by atoms with van der Waals surface area (Å²) in [6, 6.07) is 18.6. The number of nitrogens with zero attached hydrogens (tertiary/aromatic N) is 4. The summed E-state index contributed by atoms with van der Waals surface area (Å²) in [4.78, 5) is 77.8. The van der Waals surface area contributed by atoms with Gasteiger partial charge in [0.15, 0.2) is 11.6 Å². The van der Waals surface area contributed by atoms with E-state index in [1.165, 1.54) is 54.6 Å². The van der Waals surface area contributed by atoms with E-state index < -0.39 is 47.3 Å². The zero-order valence-electron chi connectivity index (χ0n) is 31.9. The Morgan fingerprint density at radius 1 is 0.516 bits per heavy atom. The molecule has 0 radical (unpaired) electrons. The normalized spacial score (nSPS) is 12.1. The molecule has 21 heteroatoms. The van der Waals surface area contributed by atoms with Crippen LogP contribution in [0.3, 0.4) is 0 Å². The number of para-hydroxylation sites is 2. The number of hydrogen-bond donors (Lipinski definition) is 4. The Kier molecular flexibility index (Phi) is 16.6. The molecule has 0 aliphatic heterocycles. The number of alkyl halides is 1. The Morgan fingerprint density at radius 3 is 1.34 bits per heavy atom. The minimum absolute atomic E-state index is 0.0139. The quantitative estimate of drug-likeness (QED) is 0.0457. The fraction of sp³-hybridized carbons (Fsp3) is 0.122. The van der Waals surface area contributed by atoms with Gasteiger partial charge in [0.1, 0.15) is 0 Å². The Labute approximate surface area is 388 Å². The van der Waals surface area contributed by atoms with E-state index in [9.17, 15) is 28.8 Å². The molecule has 0 saturated heterocycles. The average Bonchev–Trinajstić information content (AvgIpc) is 3.22. The lowest BCUT2D eigenvalue weighted by atomic mass is 10.1. The van der Waals surface area contributed by atoms with Gasteiger partial charge in [-0.1, -0.05) is 81.7 Å². The zero-order chi connectivity index (χ0) is 45.2. The van der Waals surface area contributed by atoms with Crippen LogP contribution in [0.4, 0.5) is 34.1 Å². The van der Waals surface area contributed by atoms with E-state index in [0.29, 0.717) is 5.56 Å². The molecule has 0 aromatic heterocycles. The van der Waals surface area contributed by atoms with Gasteiger partial charge >= 0.3 is 0 Å². The lowest BCUT2D eigenvalue weighted by Gasteiger charge is -2.15. The van der Waals surface area contributed by atoms with Gasteiger partial charge in [-0.2, -0.15) is 20.5 Å². The van der Waals surface area contributed by atoms with Crippen LogP contribution in [0.1, 0.15) is 40.1 Å². The van der Waals surface area contributed by atoms with E-state index in [0.717, 1.165) is 13.8 Å². The minimum atomic E-state index is -1.62.